The summed E-state index contributed by atoms with van der Waals surface area (Å²) in [7, 11) is 3.53. The van der Waals surface area contributed by atoms with Crippen molar-refractivity contribution in [2.75, 3.05) is 5.75 Å². The van der Waals surface area contributed by atoms with Gasteiger partial charge in [-0.05, 0) is 0 Å². The van der Waals surface area contributed by atoms with Crippen molar-refractivity contribution in [1.82, 2.24) is 0 Å². The van der Waals surface area contributed by atoms with Gasteiger partial charge < -0.3 is 0 Å². The second-order valence-electron chi connectivity index (χ2n) is 1.93. The molecule has 0 amide bonds. The van der Waals surface area contributed by atoms with Gasteiger partial charge >= 0.3 is 68.7 Å². The van der Waals surface area contributed by atoms with Crippen LogP contribution in [-0.2, 0) is 0 Å². The fraction of sp³-hybridized carbons (Fsp3) is 1.00. The molecule has 0 spiro atoms. The van der Waals surface area contributed by atoms with Crippen LogP contribution in [0.25, 0.3) is 0 Å². The van der Waals surface area contributed by atoms with Crippen LogP contribution in [0.5, 0.6) is 0 Å². The van der Waals surface area contributed by atoms with E-state index in [0.29, 0.717) is 0 Å². The van der Waals surface area contributed by atoms with Crippen molar-refractivity contribution in [2.24, 2.45) is 0 Å². The third-order valence-corrected chi connectivity index (χ3v) is 2.33. The summed E-state index contributed by atoms with van der Waals surface area (Å²) in [5, 5.41) is 0. The Hall–Kier alpha value is 0.610. The van der Waals surface area contributed by atoms with Crippen LogP contribution in [0.4, 0.5) is 0 Å². The topological polar surface area (TPSA) is 0 Å². The first-order valence-corrected chi connectivity index (χ1v) is 4.90. The summed E-state index contributed by atoms with van der Waals surface area (Å²) in [6.45, 7) is 13.4. The van der Waals surface area contributed by atoms with Gasteiger partial charge in [-0.1, -0.05) is 0 Å². The first-order chi connectivity index (χ1) is 4.81. The van der Waals surface area contributed by atoms with Crippen LogP contribution in [-0.4, -0.2) is 45.8 Å². The van der Waals surface area contributed by atoms with E-state index in [9.17, 15) is 0 Å². The van der Waals surface area contributed by atoms with E-state index in [1.807, 2.05) is 19.4 Å². The molecular formula is C3H8B6S. The van der Waals surface area contributed by atoms with Crippen LogP contribution >= 0.6 is 9.56 Å². The minimum atomic E-state index is -0.0311. The van der Waals surface area contributed by atoms with Crippen LogP contribution in [0.15, 0.2) is 0 Å². The zero-order valence-corrected chi connectivity index (χ0v) is 7.23. The average molecular weight is 141 g/mol. The Morgan fingerprint density at radius 2 is 2.20 bits per heavy atom. The molecule has 0 fully saturated rings. The Balaban J connectivity index is 3.84. The molecule has 0 aromatic rings. The molecule has 0 N–H and O–H groups in total. The molecule has 0 atom stereocenters. The first-order valence-electron chi connectivity index (χ1n) is 3.38. The Morgan fingerprint density at radius 1 is 1.50 bits per heavy atom. The van der Waals surface area contributed by atoms with E-state index in [0.717, 1.165) is 12.2 Å². The van der Waals surface area contributed by atoms with Gasteiger partial charge in [-0.15, -0.1) is 0 Å². The molecule has 7 heteroatoms. The SMILES string of the molecule is B#S(=BB=BB=B)CCC. The molecule has 0 saturated carbocycles. The number of hydrogen-bond acceptors (Lipinski definition) is 0. The Morgan fingerprint density at radius 3 is 2.70 bits per heavy atom. The van der Waals surface area contributed by atoms with Crippen LogP contribution in [0.1, 0.15) is 13.3 Å². The van der Waals surface area contributed by atoms with E-state index in [4.69, 9.17) is 6.53 Å². The molecule has 0 bridgehead atoms. The molecule has 0 aromatic carbocycles. The molecule has 0 aromatic heterocycles. The van der Waals surface area contributed by atoms with E-state index >= 15 is 0 Å². The van der Waals surface area contributed by atoms with Gasteiger partial charge in [-0.2, -0.15) is 0 Å². The normalized spacial score (nSPS) is 9.60. The minimum absolute atomic E-state index is 0.0311. The van der Waals surface area contributed by atoms with Gasteiger partial charge in [-0.3, -0.25) is 0 Å². The van der Waals surface area contributed by atoms with Crippen molar-refractivity contribution in [3.63, 3.8) is 0 Å². The number of hydrogen-bond donors (Lipinski definition) is 0. The monoisotopic (exact) mass is 142 g/mol. The molecule has 10 heavy (non-hydrogen) atoms. The van der Waals surface area contributed by atoms with Crippen LogP contribution in [0, 0.1) is 0 Å². The zero-order chi connectivity index (χ0) is 7.82. The van der Waals surface area contributed by atoms with Crippen molar-refractivity contribution in [2.45, 2.75) is 13.3 Å². The Kier molecular flexibility index (Phi) is 8.18. The number of rotatable bonds is 3. The summed E-state index contributed by atoms with van der Waals surface area (Å²) >= 11 is 0. The van der Waals surface area contributed by atoms with Gasteiger partial charge in [-0.25, -0.2) is 0 Å². The molecule has 0 aliphatic heterocycles. The third kappa shape index (κ3) is 6.73. The van der Waals surface area contributed by atoms with Gasteiger partial charge in [0.25, 0.3) is 0 Å². The first kappa shape index (κ1) is 10.6. The molecule has 44 valence electrons. The summed E-state index contributed by atoms with van der Waals surface area (Å²) in [5.41, 5.74) is 0. The van der Waals surface area contributed by atoms with E-state index in [1.165, 1.54) is 0 Å². The summed E-state index contributed by atoms with van der Waals surface area (Å²) in [6, 6.07) is 2.02. The molecule has 0 unspecified atom stereocenters. The summed E-state index contributed by atoms with van der Waals surface area (Å²) in [4.78, 5) is 0. The van der Waals surface area contributed by atoms with E-state index in [2.05, 4.69) is 14.3 Å². The van der Waals surface area contributed by atoms with Gasteiger partial charge in [0.15, 0.2) is 0 Å². The molecule has 0 saturated heterocycles. The second-order valence-corrected chi connectivity index (χ2v) is 3.55. The van der Waals surface area contributed by atoms with Gasteiger partial charge in [0, 0.05) is 0 Å². The van der Waals surface area contributed by atoms with Crippen molar-refractivity contribution >= 4 is 49.6 Å². The van der Waals surface area contributed by atoms with Crippen molar-refractivity contribution in [3.05, 3.63) is 0 Å². The predicted octanol–water partition coefficient (Wildman–Crippen LogP) is -0.959. The fourth-order valence-corrected chi connectivity index (χ4v) is 1.43. The fourth-order valence-electron chi connectivity index (χ4n) is 0.529. The van der Waals surface area contributed by atoms with Crippen molar-refractivity contribution < 1.29 is 0 Å². The molecule has 0 radical (unpaired) electrons. The second kappa shape index (κ2) is 7.71. The van der Waals surface area contributed by atoms with Crippen LogP contribution in [0.2, 0.25) is 0 Å². The maximum atomic E-state index is 5.71. The summed E-state index contributed by atoms with van der Waals surface area (Å²) in [6.07, 6.45) is 1.15. The third-order valence-electron chi connectivity index (χ3n) is 0.940. The molecular weight excluding hydrogens is 133 g/mol. The molecule has 0 heterocycles. The van der Waals surface area contributed by atoms with Crippen LogP contribution in [0.3, 0.4) is 0 Å². The van der Waals surface area contributed by atoms with Crippen molar-refractivity contribution in [3.8, 4) is 0 Å². The van der Waals surface area contributed by atoms with Gasteiger partial charge in [0.1, 0.15) is 0 Å². The van der Waals surface area contributed by atoms with E-state index in [1.54, 1.807) is 6.69 Å². The Bertz CT molecular complexity index is 235. The summed E-state index contributed by atoms with van der Waals surface area (Å²) in [5.74, 6) is 1.08. The maximum absolute atomic E-state index is 5.71. The molecule has 0 rings (SSSR count). The molecule has 0 aliphatic rings. The standard InChI is InChI=1S/C3H8B6S/c1-2-3-10(5)9-8-7-6-4/h4H,2-3H2,1H3. The quantitative estimate of drug-likeness (QED) is 0.444. The van der Waals surface area contributed by atoms with Gasteiger partial charge in [0.05, 0.1) is 0 Å². The van der Waals surface area contributed by atoms with Crippen LogP contribution < -0.4 is 0 Å². The molecule has 0 aliphatic carbocycles. The average Bonchev–Trinajstić information content (AvgIpc) is 1.89. The summed E-state index contributed by atoms with van der Waals surface area (Å²) < 4.78 is 0. The van der Waals surface area contributed by atoms with Crippen molar-refractivity contribution in [1.29, 1.82) is 0 Å². The predicted molar refractivity (Wildman–Crippen MR) is 58.7 cm³/mol. The van der Waals surface area contributed by atoms with E-state index in [-0.39, 0.29) is 9.56 Å². The van der Waals surface area contributed by atoms with Gasteiger partial charge in [0.2, 0.25) is 0 Å². The zero-order valence-electron chi connectivity index (χ0n) is 6.42. The van der Waals surface area contributed by atoms with E-state index < -0.39 is 0 Å². The molecule has 0 nitrogen and oxygen atoms in total. The Labute approximate surface area is 69.0 Å².